The monoisotopic (exact) mass is 306 g/mol. The largest absolute Gasteiger partial charge is 0.268 e. The van der Waals surface area contributed by atoms with E-state index in [2.05, 4.69) is 14.8 Å². The van der Waals surface area contributed by atoms with Crippen molar-refractivity contribution in [2.45, 2.75) is 42.7 Å². The fraction of sp³-hybridized carbons (Fsp3) is 0.429. The van der Waals surface area contributed by atoms with Crippen molar-refractivity contribution in [3.05, 3.63) is 43.0 Å². The normalized spacial score (nSPS) is 23.0. The molecule has 0 aromatic carbocycles. The molecule has 0 aliphatic heterocycles. The smallest absolute Gasteiger partial charge is 0.242 e. The second-order valence-corrected chi connectivity index (χ2v) is 6.97. The zero-order chi connectivity index (χ0) is 14.7. The molecule has 0 spiro atoms. The number of nitrogens with zero attached hydrogens (tertiary/aromatic N) is 3. The topological polar surface area (TPSA) is 76.9 Å². The fourth-order valence-electron chi connectivity index (χ4n) is 2.82. The molecular formula is C14H18N4O2S. The highest BCUT2D eigenvalue weighted by atomic mass is 32.2. The lowest BCUT2D eigenvalue weighted by atomic mass is 9.91. The van der Waals surface area contributed by atoms with Crippen molar-refractivity contribution in [3.8, 4) is 0 Å². The summed E-state index contributed by atoms with van der Waals surface area (Å²) in [6.45, 7) is 0. The van der Waals surface area contributed by atoms with Crippen molar-refractivity contribution in [1.82, 2.24) is 19.5 Å². The molecule has 1 aliphatic carbocycles. The van der Waals surface area contributed by atoms with Crippen LogP contribution >= 0.6 is 0 Å². The maximum Gasteiger partial charge on any atom is 0.242 e. The molecule has 2 heterocycles. The summed E-state index contributed by atoms with van der Waals surface area (Å²) in [5.74, 6) is 0. The first-order valence-corrected chi connectivity index (χ1v) is 8.56. The first-order valence-electron chi connectivity index (χ1n) is 7.08. The van der Waals surface area contributed by atoms with Gasteiger partial charge in [-0.2, -0.15) is 5.10 Å². The van der Waals surface area contributed by atoms with E-state index in [1.54, 1.807) is 24.5 Å². The van der Waals surface area contributed by atoms with Crippen LogP contribution in [-0.4, -0.2) is 29.2 Å². The Hall–Kier alpha value is -1.73. The minimum atomic E-state index is -3.54. The quantitative estimate of drug-likeness (QED) is 0.933. The van der Waals surface area contributed by atoms with Crippen LogP contribution < -0.4 is 4.72 Å². The van der Waals surface area contributed by atoms with Gasteiger partial charge in [0, 0.05) is 30.8 Å². The maximum atomic E-state index is 12.4. The highest BCUT2D eigenvalue weighted by Crippen LogP contribution is 2.29. The lowest BCUT2D eigenvalue weighted by Crippen LogP contribution is -2.43. The predicted molar refractivity (Wildman–Crippen MR) is 78.1 cm³/mol. The highest BCUT2D eigenvalue weighted by Gasteiger charge is 2.30. The van der Waals surface area contributed by atoms with Gasteiger partial charge in [0.25, 0.3) is 0 Å². The average Bonchev–Trinajstić information content (AvgIpc) is 3.02. The molecule has 6 nitrogen and oxygen atoms in total. The number of aromatic nitrogens is 3. The summed E-state index contributed by atoms with van der Waals surface area (Å²) in [6, 6.07) is 4.98. The standard InChI is InChI=1S/C14H18N4O2S/c19-21(20,12-5-3-8-15-11-12)17-13-6-1-2-7-14(13)18-10-4-9-16-18/h3-5,8-11,13-14,17H,1-2,6-7H2/t13-,14-/m0/s1. The van der Waals surface area contributed by atoms with Gasteiger partial charge in [-0.05, 0) is 31.0 Å². The van der Waals surface area contributed by atoms with Gasteiger partial charge in [-0.15, -0.1) is 0 Å². The predicted octanol–water partition coefficient (Wildman–Crippen LogP) is 1.74. The second-order valence-electron chi connectivity index (χ2n) is 5.25. The van der Waals surface area contributed by atoms with Crippen LogP contribution in [0.2, 0.25) is 0 Å². The van der Waals surface area contributed by atoms with Crippen molar-refractivity contribution in [1.29, 1.82) is 0 Å². The van der Waals surface area contributed by atoms with E-state index >= 15 is 0 Å². The Morgan fingerprint density at radius 2 is 2.05 bits per heavy atom. The van der Waals surface area contributed by atoms with Crippen LogP contribution in [0.1, 0.15) is 31.7 Å². The number of rotatable bonds is 4. The molecule has 7 heteroatoms. The van der Waals surface area contributed by atoms with Gasteiger partial charge in [-0.1, -0.05) is 12.8 Å². The third-order valence-electron chi connectivity index (χ3n) is 3.85. The van der Waals surface area contributed by atoms with Gasteiger partial charge < -0.3 is 0 Å². The molecule has 0 radical (unpaired) electrons. The zero-order valence-corrected chi connectivity index (χ0v) is 12.4. The van der Waals surface area contributed by atoms with E-state index in [0.717, 1.165) is 25.7 Å². The summed E-state index contributed by atoms with van der Waals surface area (Å²) in [5.41, 5.74) is 0. The minimum Gasteiger partial charge on any atom is -0.268 e. The Balaban J connectivity index is 1.82. The van der Waals surface area contributed by atoms with Gasteiger partial charge in [0.1, 0.15) is 4.90 Å². The first kappa shape index (κ1) is 14.2. The maximum absolute atomic E-state index is 12.4. The van der Waals surface area contributed by atoms with Crippen molar-refractivity contribution in [2.24, 2.45) is 0 Å². The van der Waals surface area contributed by atoms with Crippen LogP contribution in [0, 0.1) is 0 Å². The van der Waals surface area contributed by atoms with Crippen molar-refractivity contribution < 1.29 is 8.42 Å². The summed E-state index contributed by atoms with van der Waals surface area (Å²) < 4.78 is 29.5. The van der Waals surface area contributed by atoms with E-state index in [9.17, 15) is 8.42 Å². The molecule has 0 bridgehead atoms. The van der Waals surface area contributed by atoms with Gasteiger partial charge in [-0.25, -0.2) is 13.1 Å². The van der Waals surface area contributed by atoms with Gasteiger partial charge in [0.15, 0.2) is 0 Å². The molecule has 2 atom stereocenters. The molecule has 3 rings (SSSR count). The Morgan fingerprint density at radius 1 is 1.19 bits per heavy atom. The summed E-state index contributed by atoms with van der Waals surface area (Å²) in [7, 11) is -3.54. The lowest BCUT2D eigenvalue weighted by Gasteiger charge is -2.32. The highest BCUT2D eigenvalue weighted by molar-refractivity contribution is 7.89. The molecule has 112 valence electrons. The van der Waals surface area contributed by atoms with Crippen molar-refractivity contribution in [3.63, 3.8) is 0 Å². The van der Waals surface area contributed by atoms with E-state index in [0.29, 0.717) is 0 Å². The average molecular weight is 306 g/mol. The third-order valence-corrected chi connectivity index (χ3v) is 5.32. The molecule has 2 aromatic heterocycles. The SMILES string of the molecule is O=S(=O)(N[C@H]1CCCC[C@@H]1n1cccn1)c1cccnc1. The summed E-state index contributed by atoms with van der Waals surface area (Å²) in [4.78, 5) is 4.08. The van der Waals surface area contributed by atoms with E-state index in [4.69, 9.17) is 0 Å². The number of hydrogen-bond acceptors (Lipinski definition) is 4. The van der Waals surface area contributed by atoms with Crippen LogP contribution in [0.4, 0.5) is 0 Å². The minimum absolute atomic E-state index is 0.0696. The van der Waals surface area contributed by atoms with Gasteiger partial charge in [0.05, 0.1) is 6.04 Å². The second kappa shape index (κ2) is 5.95. The lowest BCUT2D eigenvalue weighted by molar-refractivity contribution is 0.270. The van der Waals surface area contributed by atoms with Crippen molar-refractivity contribution >= 4 is 10.0 Å². The molecule has 1 fully saturated rings. The Morgan fingerprint density at radius 3 is 2.76 bits per heavy atom. The summed E-state index contributed by atoms with van der Waals surface area (Å²) in [5, 5.41) is 4.26. The van der Waals surface area contributed by atoms with Crippen LogP contribution in [0.3, 0.4) is 0 Å². The number of hydrogen-bond donors (Lipinski definition) is 1. The molecule has 0 amide bonds. The third kappa shape index (κ3) is 3.14. The summed E-state index contributed by atoms with van der Waals surface area (Å²) >= 11 is 0. The molecule has 1 saturated carbocycles. The molecule has 1 aliphatic rings. The van der Waals surface area contributed by atoms with Crippen LogP contribution in [0.5, 0.6) is 0 Å². The van der Waals surface area contributed by atoms with Gasteiger partial charge >= 0.3 is 0 Å². The van der Waals surface area contributed by atoms with E-state index in [1.165, 1.54) is 6.20 Å². The van der Waals surface area contributed by atoms with Crippen LogP contribution in [0.25, 0.3) is 0 Å². The fourth-order valence-corrected chi connectivity index (χ4v) is 4.08. The molecule has 1 N–H and O–H groups in total. The van der Waals surface area contributed by atoms with E-state index in [1.807, 2.05) is 16.9 Å². The Kier molecular flexibility index (Phi) is 4.03. The zero-order valence-electron chi connectivity index (χ0n) is 11.6. The molecule has 2 aromatic rings. The van der Waals surface area contributed by atoms with E-state index < -0.39 is 10.0 Å². The van der Waals surface area contributed by atoms with Crippen molar-refractivity contribution in [2.75, 3.05) is 0 Å². The first-order chi connectivity index (χ1) is 10.2. The van der Waals surface area contributed by atoms with Crippen LogP contribution in [0.15, 0.2) is 47.9 Å². The Labute approximate surface area is 124 Å². The molecular weight excluding hydrogens is 288 g/mol. The van der Waals surface area contributed by atoms with Crippen LogP contribution in [-0.2, 0) is 10.0 Å². The number of sulfonamides is 1. The molecule has 0 unspecified atom stereocenters. The molecule has 0 saturated heterocycles. The number of pyridine rings is 1. The van der Waals surface area contributed by atoms with E-state index in [-0.39, 0.29) is 17.0 Å². The van der Waals surface area contributed by atoms with Gasteiger partial charge in [0.2, 0.25) is 10.0 Å². The van der Waals surface area contributed by atoms with Gasteiger partial charge in [-0.3, -0.25) is 9.67 Å². The summed E-state index contributed by atoms with van der Waals surface area (Å²) in [6.07, 6.45) is 10.4. The number of nitrogens with one attached hydrogen (secondary N) is 1. The Bertz CT molecular complexity index is 670. The molecule has 21 heavy (non-hydrogen) atoms.